The average Bonchev–Trinajstić information content (AvgIpc) is 3.55. The number of primary amides is 1. The lowest BCUT2D eigenvalue weighted by Crippen LogP contribution is -2.30. The van der Waals surface area contributed by atoms with Crippen LogP contribution < -0.4 is 11.1 Å². The lowest BCUT2D eigenvalue weighted by molar-refractivity contribution is -0.120. The maximum absolute atomic E-state index is 13.5. The van der Waals surface area contributed by atoms with Crippen LogP contribution in [0.4, 0.5) is 30.0 Å². The van der Waals surface area contributed by atoms with E-state index in [1.807, 2.05) is 0 Å². The number of carbonyl (C=O) groups is 2. The molecule has 4 rings (SSSR count). The van der Waals surface area contributed by atoms with Gasteiger partial charge in [0.1, 0.15) is 23.4 Å². The zero-order valence-electron chi connectivity index (χ0n) is 19.2. The van der Waals surface area contributed by atoms with Gasteiger partial charge in [-0.25, -0.2) is 9.48 Å². The maximum Gasteiger partial charge on any atom is 0.413 e. The molecule has 2 amide bonds. The molecule has 0 unspecified atom stereocenters. The first kappa shape index (κ1) is 28.8. The highest BCUT2D eigenvalue weighted by Crippen LogP contribution is 3.02. The molecule has 1 aliphatic rings. The molecule has 39 heavy (non-hydrogen) atoms. The molecule has 1 heterocycles. The van der Waals surface area contributed by atoms with E-state index in [0.29, 0.717) is 21.3 Å². The summed E-state index contributed by atoms with van der Waals surface area (Å²) in [5.74, 6) is -1.27. The Morgan fingerprint density at radius 3 is 2.21 bits per heavy atom. The summed E-state index contributed by atoms with van der Waals surface area (Å²) in [5.41, 5.74) is 3.55. The Balaban J connectivity index is 1.83. The van der Waals surface area contributed by atoms with Crippen molar-refractivity contribution in [1.82, 2.24) is 9.78 Å². The summed E-state index contributed by atoms with van der Waals surface area (Å²) in [6, 6.07) is 8.52. The maximum atomic E-state index is 13.5. The molecule has 0 spiro atoms. The summed E-state index contributed by atoms with van der Waals surface area (Å²) in [4.78, 5) is 22.6. The number of anilines is 1. The number of carbonyl (C=O) groups excluding carboxylic acids is 2. The topological polar surface area (TPSA) is 123 Å². The van der Waals surface area contributed by atoms with Crippen LogP contribution in [0.2, 0.25) is 15.1 Å². The molecule has 208 valence electrons. The first-order valence-corrected chi connectivity index (χ1v) is 13.7. The fourth-order valence-corrected chi connectivity index (χ4v) is 5.62. The predicted octanol–water partition coefficient (Wildman–Crippen LogP) is 7.63. The van der Waals surface area contributed by atoms with Gasteiger partial charge in [-0.05, 0) is 42.7 Å². The van der Waals surface area contributed by atoms with Gasteiger partial charge in [0.2, 0.25) is 5.91 Å². The second-order valence-electron chi connectivity index (χ2n) is 8.55. The van der Waals surface area contributed by atoms with Crippen LogP contribution in [0.1, 0.15) is 29.7 Å². The Labute approximate surface area is 232 Å². The van der Waals surface area contributed by atoms with E-state index in [9.17, 15) is 34.3 Å². The number of hydrogen-bond acceptors (Lipinski definition) is 5. The van der Waals surface area contributed by atoms with Gasteiger partial charge in [0.25, 0.3) is 0 Å². The number of benzene rings is 2. The van der Waals surface area contributed by atoms with E-state index in [-0.39, 0.29) is 31.1 Å². The molecule has 1 fully saturated rings. The van der Waals surface area contributed by atoms with E-state index in [4.69, 9.17) is 45.3 Å². The van der Waals surface area contributed by atoms with Crippen LogP contribution in [-0.4, -0.2) is 21.8 Å². The van der Waals surface area contributed by atoms with Crippen LogP contribution in [0, 0.1) is 11.3 Å². The van der Waals surface area contributed by atoms with Crippen LogP contribution in [-0.2, 0) is 21.6 Å². The minimum Gasteiger partial charge on any atom is -0.444 e. The second-order valence-corrected chi connectivity index (χ2v) is 12.1. The minimum atomic E-state index is -10.2. The van der Waals surface area contributed by atoms with E-state index in [1.54, 1.807) is 30.3 Å². The molecule has 0 aliphatic heterocycles. The number of nitrogens with two attached hydrogens (primary N) is 1. The average molecular weight is 631 g/mol. The Kier molecular flexibility index (Phi) is 6.55. The highest BCUT2D eigenvalue weighted by molar-refractivity contribution is 8.45. The lowest BCUT2D eigenvalue weighted by atomic mass is 9.94. The van der Waals surface area contributed by atoms with Crippen LogP contribution in [0.3, 0.4) is 0 Å². The van der Waals surface area contributed by atoms with E-state index >= 15 is 0 Å². The molecule has 1 saturated carbocycles. The van der Waals surface area contributed by atoms with Gasteiger partial charge >= 0.3 is 16.3 Å². The zero-order valence-corrected chi connectivity index (χ0v) is 22.2. The van der Waals surface area contributed by atoms with Crippen LogP contribution in [0.5, 0.6) is 0 Å². The van der Waals surface area contributed by atoms with Crippen molar-refractivity contribution in [3.05, 3.63) is 68.3 Å². The van der Waals surface area contributed by atoms with Gasteiger partial charge < -0.3 is 10.5 Å². The van der Waals surface area contributed by atoms with E-state index in [0.717, 1.165) is 0 Å². The van der Waals surface area contributed by atoms with Crippen molar-refractivity contribution in [3.8, 4) is 11.8 Å². The lowest BCUT2D eigenvalue weighted by Gasteiger charge is -2.41. The SMILES string of the molecule is N#Cc1nn(-c2ccc(S(F)(F)(F)(F)F)c(Cl)c2Cl)c(NC(=O)OCc2ccc(Cl)cc2)c1C1(C(N)=O)CC1. The molecule has 17 heteroatoms. The minimum absolute atomic E-state index is 0.00210. The predicted molar refractivity (Wildman–Crippen MR) is 135 cm³/mol. The third kappa shape index (κ3) is 5.58. The summed E-state index contributed by atoms with van der Waals surface area (Å²) in [5, 5.41) is 13.9. The molecule has 3 N–H and O–H groups in total. The van der Waals surface area contributed by atoms with Gasteiger partial charge in [0.05, 0.1) is 21.1 Å². The van der Waals surface area contributed by atoms with Crippen LogP contribution >= 0.6 is 45.0 Å². The molecule has 2 aromatic carbocycles. The summed E-state index contributed by atoms with van der Waals surface area (Å²) in [6.07, 6.45) is -0.799. The van der Waals surface area contributed by atoms with E-state index < -0.39 is 59.8 Å². The highest BCUT2D eigenvalue weighted by atomic mass is 35.5. The van der Waals surface area contributed by atoms with Gasteiger partial charge in [0.15, 0.2) is 5.69 Å². The van der Waals surface area contributed by atoms with E-state index in [1.165, 1.54) is 0 Å². The number of halogens is 8. The fraction of sp³-hybridized carbons (Fsp3) is 0.182. The largest absolute Gasteiger partial charge is 0.444 e. The highest BCUT2D eigenvalue weighted by Gasteiger charge is 2.67. The monoisotopic (exact) mass is 629 g/mol. The van der Waals surface area contributed by atoms with Crippen molar-refractivity contribution in [1.29, 1.82) is 5.26 Å². The van der Waals surface area contributed by atoms with E-state index in [2.05, 4.69) is 10.4 Å². The summed E-state index contributed by atoms with van der Waals surface area (Å²) < 4.78 is 73.1. The smallest absolute Gasteiger partial charge is 0.413 e. The molecular weight excluding hydrogens is 616 g/mol. The van der Waals surface area contributed by atoms with Crippen molar-refractivity contribution in [2.45, 2.75) is 29.8 Å². The zero-order chi connectivity index (χ0) is 29.0. The molecule has 1 aromatic heterocycles. The number of nitriles is 1. The first-order valence-electron chi connectivity index (χ1n) is 10.6. The van der Waals surface area contributed by atoms with Gasteiger partial charge in [0, 0.05) is 10.6 Å². The Bertz CT molecular complexity index is 1570. The van der Waals surface area contributed by atoms with Gasteiger partial charge in [-0.2, -0.15) is 10.4 Å². The number of rotatable bonds is 7. The fourth-order valence-electron chi connectivity index (χ4n) is 3.83. The summed E-state index contributed by atoms with van der Waals surface area (Å²) in [6.45, 7) is -0.246. The first-order chi connectivity index (χ1) is 17.9. The van der Waals surface area contributed by atoms with Crippen molar-refractivity contribution in [2.24, 2.45) is 5.73 Å². The van der Waals surface area contributed by atoms with Crippen molar-refractivity contribution in [2.75, 3.05) is 5.32 Å². The Morgan fingerprint density at radius 2 is 1.69 bits per heavy atom. The van der Waals surface area contributed by atoms with Gasteiger partial charge in [-0.3, -0.25) is 10.1 Å². The number of nitrogens with zero attached hydrogens (tertiary/aromatic N) is 3. The summed E-state index contributed by atoms with van der Waals surface area (Å²) >= 11 is 17.4. The Hall–Kier alpha value is -3.25. The van der Waals surface area contributed by atoms with Crippen molar-refractivity contribution < 1.29 is 33.8 Å². The van der Waals surface area contributed by atoms with Gasteiger partial charge in [-0.15, -0.1) is 0 Å². The molecule has 0 atom stereocenters. The number of ether oxygens (including phenoxy) is 1. The molecule has 3 aromatic rings. The van der Waals surface area contributed by atoms with Crippen molar-refractivity contribution >= 4 is 62.8 Å². The Morgan fingerprint density at radius 1 is 1.08 bits per heavy atom. The molecule has 1 aliphatic carbocycles. The second kappa shape index (κ2) is 8.88. The van der Waals surface area contributed by atoms with Gasteiger partial charge in [-0.1, -0.05) is 66.4 Å². The van der Waals surface area contributed by atoms with Crippen molar-refractivity contribution in [3.63, 3.8) is 0 Å². The quantitative estimate of drug-likeness (QED) is 0.260. The number of hydrogen-bond donors (Lipinski definition) is 2. The third-order valence-corrected chi connectivity index (χ3v) is 8.27. The standard InChI is InChI=1S/C22H15Cl3F5N5O3S/c23-12-3-1-11(2-4-12)10-38-21(37)33-19-16(22(7-8-22)20(32)36)13(9-31)34-35(19)14-5-6-15(18(25)17(14)24)39(26,27,28,29)30/h1-6H,7-8,10H2,(H2,32,36)(H,33,37). The molecule has 0 saturated heterocycles. The number of aromatic nitrogens is 2. The molecular formula is C22H15Cl3F5N5O3S. The number of amides is 2. The molecule has 8 nitrogen and oxygen atoms in total. The van der Waals surface area contributed by atoms with Crippen LogP contribution in [0.15, 0.2) is 41.3 Å². The summed E-state index contributed by atoms with van der Waals surface area (Å²) in [7, 11) is -10.2. The third-order valence-electron chi connectivity index (χ3n) is 5.87. The number of nitrogens with one attached hydrogen (secondary N) is 1. The van der Waals surface area contributed by atoms with Crippen LogP contribution in [0.25, 0.3) is 5.69 Å². The normalized spacial score (nSPS) is 16.0. The molecule has 0 bridgehead atoms. The molecule has 0 radical (unpaired) electrons.